The average molecular weight is 446 g/mol. The van der Waals surface area contributed by atoms with Crippen molar-refractivity contribution in [1.82, 2.24) is 9.78 Å². The van der Waals surface area contributed by atoms with Gasteiger partial charge in [0, 0.05) is 5.41 Å². The highest BCUT2D eigenvalue weighted by atomic mass is 19.4. The highest BCUT2D eigenvalue weighted by molar-refractivity contribution is 5.73. The molecule has 1 N–H and O–H groups in total. The summed E-state index contributed by atoms with van der Waals surface area (Å²) in [6.45, 7) is 2.00. The lowest BCUT2D eigenvalue weighted by atomic mass is 9.54. The maximum absolute atomic E-state index is 13.6. The first kappa shape index (κ1) is 21.0. The van der Waals surface area contributed by atoms with Crippen LogP contribution in [0.4, 0.5) is 17.6 Å². The molecule has 0 saturated heterocycles. The standard InChI is InChI=1S/C24H22F4N2O2/c1-23-11-13-12-29-30(16-5-3-15(25)4-6-16)20(13)10-14(23)2-7-17-18(23)8-9-19(24(26,27)28)21(17)22(31)32/h3-6,8,10,12,17,19,21H,2,7,9,11H2,1H3,(H,31,32). The third-order valence-corrected chi connectivity index (χ3v) is 7.45. The van der Waals surface area contributed by atoms with E-state index < -0.39 is 35.3 Å². The summed E-state index contributed by atoms with van der Waals surface area (Å²) in [5.41, 5.74) is 3.89. The Morgan fingerprint density at radius 3 is 2.62 bits per heavy atom. The van der Waals surface area contributed by atoms with Crippen LogP contribution in [0.5, 0.6) is 0 Å². The van der Waals surface area contributed by atoms with Gasteiger partial charge in [0.2, 0.25) is 0 Å². The summed E-state index contributed by atoms with van der Waals surface area (Å²) in [7, 11) is 0. The van der Waals surface area contributed by atoms with E-state index in [1.807, 2.05) is 13.0 Å². The maximum Gasteiger partial charge on any atom is 0.392 e. The molecule has 8 heteroatoms. The van der Waals surface area contributed by atoms with Gasteiger partial charge < -0.3 is 5.11 Å². The molecule has 0 aliphatic heterocycles. The number of aliphatic carboxylic acids is 1. The quantitative estimate of drug-likeness (QED) is 0.484. The Kier molecular flexibility index (Phi) is 4.62. The number of carboxylic acid groups (broad SMARTS) is 1. The molecule has 3 aliphatic carbocycles. The smallest absolute Gasteiger partial charge is 0.392 e. The highest BCUT2D eigenvalue weighted by Crippen LogP contribution is 2.58. The number of carbonyl (C=O) groups is 1. The SMILES string of the molecule is CC12Cc3cnn(-c4ccc(F)cc4)c3C=C1CCC1C2=CCC(C(F)(F)F)C1C(=O)O. The van der Waals surface area contributed by atoms with Crippen molar-refractivity contribution >= 4 is 12.0 Å². The van der Waals surface area contributed by atoms with Crippen LogP contribution >= 0.6 is 0 Å². The predicted octanol–water partition coefficient (Wildman–Crippen LogP) is 5.58. The minimum Gasteiger partial charge on any atom is -0.481 e. The Balaban J connectivity index is 1.55. The first-order valence-electron chi connectivity index (χ1n) is 10.6. The summed E-state index contributed by atoms with van der Waals surface area (Å²) in [4.78, 5) is 11.9. The number of aromatic nitrogens is 2. The summed E-state index contributed by atoms with van der Waals surface area (Å²) in [5.74, 6) is -5.67. The number of hydrogen-bond acceptors (Lipinski definition) is 2. The molecule has 0 bridgehead atoms. The fourth-order valence-corrected chi connectivity index (χ4v) is 5.91. The van der Waals surface area contributed by atoms with E-state index in [0.717, 1.165) is 28.1 Å². The Morgan fingerprint density at radius 1 is 1.25 bits per heavy atom. The van der Waals surface area contributed by atoms with Gasteiger partial charge in [-0.05, 0) is 67.5 Å². The molecule has 1 heterocycles. The third kappa shape index (κ3) is 3.11. The predicted molar refractivity (Wildman–Crippen MR) is 109 cm³/mol. The molecule has 2 aromatic rings. The van der Waals surface area contributed by atoms with Crippen LogP contribution in [0.25, 0.3) is 11.8 Å². The first-order valence-corrected chi connectivity index (χ1v) is 10.6. The zero-order chi connectivity index (χ0) is 22.8. The van der Waals surface area contributed by atoms with E-state index in [4.69, 9.17) is 0 Å². The van der Waals surface area contributed by atoms with Crippen LogP contribution in [-0.2, 0) is 11.2 Å². The molecule has 1 saturated carbocycles. The lowest BCUT2D eigenvalue weighted by Crippen LogP contribution is -2.47. The van der Waals surface area contributed by atoms with Crippen molar-refractivity contribution in [1.29, 1.82) is 0 Å². The fourth-order valence-electron chi connectivity index (χ4n) is 5.91. The van der Waals surface area contributed by atoms with Crippen molar-refractivity contribution in [3.63, 3.8) is 0 Å². The van der Waals surface area contributed by atoms with Crippen LogP contribution in [-0.4, -0.2) is 27.0 Å². The van der Waals surface area contributed by atoms with Gasteiger partial charge in [-0.25, -0.2) is 9.07 Å². The number of nitrogens with zero attached hydrogens (tertiary/aromatic N) is 2. The molecule has 0 amide bonds. The normalized spacial score (nSPS) is 29.3. The molecule has 1 aromatic heterocycles. The number of allylic oxidation sites excluding steroid dienone is 3. The van der Waals surface area contributed by atoms with Gasteiger partial charge in [0.25, 0.3) is 0 Å². The summed E-state index contributed by atoms with van der Waals surface area (Å²) in [6.07, 6.45) is 1.99. The van der Waals surface area contributed by atoms with Crippen LogP contribution in [0, 0.1) is 29.0 Å². The van der Waals surface area contributed by atoms with Crippen LogP contribution in [0.3, 0.4) is 0 Å². The highest BCUT2D eigenvalue weighted by Gasteiger charge is 2.56. The summed E-state index contributed by atoms with van der Waals surface area (Å²) >= 11 is 0. The van der Waals surface area contributed by atoms with E-state index >= 15 is 0 Å². The molecule has 4 atom stereocenters. The fraction of sp³-hybridized carbons (Fsp3) is 0.417. The molecule has 5 rings (SSSR count). The van der Waals surface area contributed by atoms with E-state index in [0.29, 0.717) is 19.3 Å². The Labute approximate surface area is 182 Å². The number of carboxylic acids is 1. The van der Waals surface area contributed by atoms with Gasteiger partial charge in [-0.2, -0.15) is 18.3 Å². The molecule has 4 nitrogen and oxygen atoms in total. The lowest BCUT2D eigenvalue weighted by molar-refractivity contribution is -0.202. The lowest BCUT2D eigenvalue weighted by Gasteiger charge is -2.50. The van der Waals surface area contributed by atoms with E-state index in [-0.39, 0.29) is 12.2 Å². The van der Waals surface area contributed by atoms with E-state index in [1.54, 1.807) is 29.1 Å². The second-order valence-electron chi connectivity index (χ2n) is 9.17. The molecule has 168 valence electrons. The van der Waals surface area contributed by atoms with Crippen LogP contribution in [0.1, 0.15) is 37.4 Å². The number of fused-ring (bicyclic) bond motifs is 4. The maximum atomic E-state index is 13.6. The van der Waals surface area contributed by atoms with Crippen LogP contribution < -0.4 is 0 Å². The van der Waals surface area contributed by atoms with Gasteiger partial charge in [-0.3, -0.25) is 4.79 Å². The first-order chi connectivity index (χ1) is 15.1. The Bertz CT molecular complexity index is 1150. The van der Waals surface area contributed by atoms with Crippen molar-refractivity contribution in [3.8, 4) is 5.69 Å². The summed E-state index contributed by atoms with van der Waals surface area (Å²) in [6, 6.07) is 6.02. The van der Waals surface area contributed by atoms with Crippen molar-refractivity contribution in [2.45, 2.75) is 38.8 Å². The molecule has 3 aliphatic rings. The number of halogens is 4. The van der Waals surface area contributed by atoms with Gasteiger partial charge in [0.05, 0.1) is 29.4 Å². The van der Waals surface area contributed by atoms with Gasteiger partial charge in [0.15, 0.2) is 0 Å². The van der Waals surface area contributed by atoms with Gasteiger partial charge in [-0.15, -0.1) is 0 Å². The van der Waals surface area contributed by atoms with E-state index in [9.17, 15) is 27.5 Å². The summed E-state index contributed by atoms with van der Waals surface area (Å²) < 4.78 is 55.8. The summed E-state index contributed by atoms with van der Waals surface area (Å²) in [5, 5.41) is 14.2. The molecule has 1 fully saturated rings. The Morgan fingerprint density at radius 2 is 1.97 bits per heavy atom. The van der Waals surface area contributed by atoms with Crippen molar-refractivity contribution in [2.75, 3.05) is 0 Å². The number of rotatable bonds is 2. The molecule has 0 radical (unpaired) electrons. The molecular weight excluding hydrogens is 424 g/mol. The zero-order valence-electron chi connectivity index (χ0n) is 17.4. The van der Waals surface area contributed by atoms with Crippen LogP contribution in [0.15, 0.2) is 47.7 Å². The second-order valence-corrected chi connectivity index (χ2v) is 9.17. The monoisotopic (exact) mass is 446 g/mol. The number of benzene rings is 1. The topological polar surface area (TPSA) is 55.1 Å². The second kappa shape index (κ2) is 7.05. The van der Waals surface area contributed by atoms with Crippen molar-refractivity contribution in [3.05, 3.63) is 64.8 Å². The molecular formula is C24H22F4N2O2. The van der Waals surface area contributed by atoms with E-state index in [1.165, 1.54) is 12.1 Å². The molecule has 4 unspecified atom stereocenters. The number of hydrogen-bond donors (Lipinski definition) is 1. The molecule has 32 heavy (non-hydrogen) atoms. The van der Waals surface area contributed by atoms with Gasteiger partial charge in [-0.1, -0.05) is 24.1 Å². The minimum absolute atomic E-state index is 0.309. The van der Waals surface area contributed by atoms with Crippen LogP contribution in [0.2, 0.25) is 0 Å². The molecule has 1 aromatic carbocycles. The Hall–Kier alpha value is -2.90. The van der Waals surface area contributed by atoms with Gasteiger partial charge in [0.1, 0.15) is 5.82 Å². The largest absolute Gasteiger partial charge is 0.481 e. The van der Waals surface area contributed by atoms with Gasteiger partial charge >= 0.3 is 12.1 Å². The average Bonchev–Trinajstić information content (AvgIpc) is 3.13. The van der Waals surface area contributed by atoms with Crippen molar-refractivity contribution in [2.24, 2.45) is 23.2 Å². The van der Waals surface area contributed by atoms with Crippen molar-refractivity contribution < 1.29 is 27.5 Å². The molecule has 0 spiro atoms. The van der Waals surface area contributed by atoms with E-state index in [2.05, 4.69) is 5.10 Å². The zero-order valence-corrected chi connectivity index (χ0v) is 17.4. The third-order valence-electron chi connectivity index (χ3n) is 7.45. The number of alkyl halides is 3. The minimum atomic E-state index is -4.54.